The van der Waals surface area contributed by atoms with E-state index in [2.05, 4.69) is 5.32 Å². The fourth-order valence-corrected chi connectivity index (χ4v) is 6.22. The second kappa shape index (κ2) is 14.2. The van der Waals surface area contributed by atoms with E-state index in [0.717, 1.165) is 21.0 Å². The molecule has 42 heavy (non-hydrogen) atoms. The van der Waals surface area contributed by atoms with E-state index < -0.39 is 28.5 Å². The lowest BCUT2D eigenvalue weighted by atomic mass is 10.0. The predicted octanol–water partition coefficient (Wildman–Crippen LogP) is 5.62. The van der Waals surface area contributed by atoms with Crippen LogP contribution in [-0.4, -0.2) is 44.3 Å². The lowest BCUT2D eigenvalue weighted by molar-refractivity contribution is -0.140. The molecule has 4 rings (SSSR count). The van der Waals surface area contributed by atoms with E-state index in [1.165, 1.54) is 17.0 Å². The summed E-state index contributed by atoms with van der Waals surface area (Å²) in [5.74, 6) is -0.838. The molecule has 0 aliphatic carbocycles. The van der Waals surface area contributed by atoms with Gasteiger partial charge >= 0.3 is 0 Å². The zero-order chi connectivity index (χ0) is 30.1. The second-order valence-electron chi connectivity index (χ2n) is 9.91. The normalized spacial score (nSPS) is 11.9. The molecule has 9 heteroatoms. The highest BCUT2D eigenvalue weighted by Crippen LogP contribution is 2.26. The van der Waals surface area contributed by atoms with E-state index in [9.17, 15) is 18.0 Å². The molecule has 0 spiro atoms. The van der Waals surface area contributed by atoms with Gasteiger partial charge in [0.15, 0.2) is 0 Å². The quantitative estimate of drug-likeness (QED) is 0.228. The van der Waals surface area contributed by atoms with E-state index in [0.29, 0.717) is 17.3 Å². The largest absolute Gasteiger partial charge is 0.355 e. The van der Waals surface area contributed by atoms with Crippen molar-refractivity contribution in [2.45, 2.75) is 37.8 Å². The number of hydrogen-bond acceptors (Lipinski definition) is 4. The van der Waals surface area contributed by atoms with Crippen molar-refractivity contribution in [3.63, 3.8) is 0 Å². The summed E-state index contributed by atoms with van der Waals surface area (Å²) in [5, 5.41) is 3.40. The maximum atomic E-state index is 14.3. The molecule has 0 saturated carbocycles. The van der Waals surface area contributed by atoms with Crippen LogP contribution in [0.15, 0.2) is 114 Å². The van der Waals surface area contributed by atoms with E-state index in [1.54, 1.807) is 60.7 Å². The van der Waals surface area contributed by atoms with Crippen LogP contribution in [0.25, 0.3) is 0 Å². The van der Waals surface area contributed by atoms with Gasteiger partial charge in [-0.05, 0) is 66.9 Å². The Balaban J connectivity index is 1.78. The maximum Gasteiger partial charge on any atom is 0.264 e. The van der Waals surface area contributed by atoms with Gasteiger partial charge in [-0.1, -0.05) is 84.4 Å². The molecular weight excluding hydrogens is 570 g/mol. The third-order valence-corrected chi connectivity index (χ3v) is 8.83. The molecule has 0 unspecified atom stereocenters. The van der Waals surface area contributed by atoms with Gasteiger partial charge in [0.05, 0.1) is 10.6 Å². The molecule has 1 N–H and O–H groups in total. The number of likely N-dealkylation sites (N-methyl/N-ethyl adjacent to an activating group) is 1. The number of benzene rings is 4. The number of nitrogens with one attached hydrogen (secondary N) is 1. The van der Waals surface area contributed by atoms with E-state index >= 15 is 0 Å². The molecule has 4 aromatic carbocycles. The van der Waals surface area contributed by atoms with Crippen molar-refractivity contribution in [3.8, 4) is 0 Å². The first-order chi connectivity index (χ1) is 20.2. The topological polar surface area (TPSA) is 86.8 Å². The average molecular weight is 604 g/mol. The van der Waals surface area contributed by atoms with Crippen LogP contribution in [0.3, 0.4) is 0 Å². The van der Waals surface area contributed by atoms with Crippen LogP contribution in [-0.2, 0) is 32.6 Å². The number of nitrogens with zero attached hydrogens (tertiary/aromatic N) is 2. The summed E-state index contributed by atoms with van der Waals surface area (Å²) in [4.78, 5) is 29.3. The van der Waals surface area contributed by atoms with Gasteiger partial charge < -0.3 is 10.2 Å². The van der Waals surface area contributed by atoms with E-state index in [-0.39, 0.29) is 23.8 Å². The Bertz CT molecular complexity index is 1600. The molecule has 1 atom stereocenters. The highest BCUT2D eigenvalue weighted by atomic mass is 35.5. The molecule has 0 fully saturated rings. The Morgan fingerprint density at radius 3 is 2.10 bits per heavy atom. The van der Waals surface area contributed by atoms with Gasteiger partial charge in [-0.3, -0.25) is 13.9 Å². The Hall–Kier alpha value is -4.14. The van der Waals surface area contributed by atoms with Crippen molar-refractivity contribution in [3.05, 3.63) is 131 Å². The summed E-state index contributed by atoms with van der Waals surface area (Å²) in [5.41, 5.74) is 2.82. The first-order valence-corrected chi connectivity index (χ1v) is 15.5. The van der Waals surface area contributed by atoms with E-state index in [4.69, 9.17) is 11.6 Å². The fourth-order valence-electron chi connectivity index (χ4n) is 4.66. The van der Waals surface area contributed by atoms with Crippen LogP contribution in [0, 0.1) is 6.92 Å². The zero-order valence-corrected chi connectivity index (χ0v) is 25.2. The summed E-state index contributed by atoms with van der Waals surface area (Å²) in [6, 6.07) is 30.6. The first-order valence-electron chi connectivity index (χ1n) is 13.7. The summed E-state index contributed by atoms with van der Waals surface area (Å²) in [6.07, 6.45) is 0.252. The number of halogens is 1. The Labute approximate surface area is 252 Å². The molecule has 2 amide bonds. The molecule has 0 saturated heterocycles. The number of aryl methyl sites for hydroxylation is 1. The number of sulfonamides is 1. The van der Waals surface area contributed by atoms with Crippen molar-refractivity contribution >= 4 is 39.1 Å². The average Bonchev–Trinajstić information content (AvgIpc) is 2.99. The number of carbonyl (C=O) groups excluding carboxylic acids is 2. The highest BCUT2D eigenvalue weighted by Gasteiger charge is 2.34. The molecule has 0 aliphatic heterocycles. The minimum Gasteiger partial charge on any atom is -0.355 e. The Morgan fingerprint density at radius 2 is 1.48 bits per heavy atom. The number of anilines is 1. The molecule has 4 aromatic rings. The summed E-state index contributed by atoms with van der Waals surface area (Å²) >= 11 is 6.11. The Kier molecular flexibility index (Phi) is 10.4. The molecule has 0 aliphatic rings. The number of rotatable bonds is 12. The van der Waals surface area contributed by atoms with Crippen molar-refractivity contribution in [1.29, 1.82) is 0 Å². The molecule has 0 heterocycles. The van der Waals surface area contributed by atoms with E-state index in [1.807, 2.05) is 50.2 Å². The monoisotopic (exact) mass is 603 g/mol. The standard InChI is InChI=1S/C33H34ClN3O4S/c1-3-35-33(39)31(22-26-12-6-4-7-13-26)36(23-27-17-19-28(34)20-18-27)32(38)24-37(29-14-10-11-25(2)21-29)42(40,41)30-15-8-5-9-16-30/h4-21,31H,3,22-24H2,1-2H3,(H,35,39)/t31-/m0/s1. The minimum absolute atomic E-state index is 0.0631. The van der Waals surface area contributed by atoms with Gasteiger partial charge in [-0.25, -0.2) is 8.42 Å². The summed E-state index contributed by atoms with van der Waals surface area (Å²) < 4.78 is 29.0. The first kappa shape index (κ1) is 30.8. The van der Waals surface area contributed by atoms with Crippen LogP contribution >= 0.6 is 11.6 Å². The van der Waals surface area contributed by atoms with Crippen LogP contribution in [0.5, 0.6) is 0 Å². The van der Waals surface area contributed by atoms with Crippen molar-refractivity contribution in [2.24, 2.45) is 0 Å². The summed E-state index contributed by atoms with van der Waals surface area (Å²) in [6.45, 7) is 3.63. The number of carbonyl (C=O) groups is 2. The number of amides is 2. The third kappa shape index (κ3) is 7.78. The van der Waals surface area contributed by atoms with Gasteiger partial charge in [0.2, 0.25) is 11.8 Å². The smallest absolute Gasteiger partial charge is 0.264 e. The lowest BCUT2D eigenvalue weighted by Crippen LogP contribution is -2.53. The van der Waals surface area contributed by atoms with Gasteiger partial charge in [-0.2, -0.15) is 0 Å². The van der Waals surface area contributed by atoms with Gasteiger partial charge in [0.25, 0.3) is 10.0 Å². The maximum absolute atomic E-state index is 14.3. The second-order valence-corrected chi connectivity index (χ2v) is 12.2. The highest BCUT2D eigenvalue weighted by molar-refractivity contribution is 7.92. The fraction of sp³-hybridized carbons (Fsp3) is 0.212. The third-order valence-electron chi connectivity index (χ3n) is 6.79. The zero-order valence-electron chi connectivity index (χ0n) is 23.6. The Morgan fingerprint density at radius 1 is 0.833 bits per heavy atom. The molecule has 218 valence electrons. The van der Waals surface area contributed by atoms with Gasteiger partial charge in [-0.15, -0.1) is 0 Å². The van der Waals surface area contributed by atoms with Crippen molar-refractivity contribution < 1.29 is 18.0 Å². The van der Waals surface area contributed by atoms with Gasteiger partial charge in [0, 0.05) is 24.5 Å². The number of hydrogen-bond donors (Lipinski definition) is 1. The predicted molar refractivity (Wildman–Crippen MR) is 167 cm³/mol. The molecule has 0 aromatic heterocycles. The minimum atomic E-state index is -4.13. The molecular formula is C33H34ClN3O4S. The molecule has 0 radical (unpaired) electrons. The SMILES string of the molecule is CCNC(=O)[C@H](Cc1ccccc1)N(Cc1ccc(Cl)cc1)C(=O)CN(c1cccc(C)c1)S(=O)(=O)c1ccccc1. The summed E-state index contributed by atoms with van der Waals surface area (Å²) in [7, 11) is -4.13. The van der Waals surface area contributed by atoms with Crippen LogP contribution in [0.2, 0.25) is 5.02 Å². The molecule has 7 nitrogen and oxygen atoms in total. The lowest BCUT2D eigenvalue weighted by Gasteiger charge is -2.34. The van der Waals surface area contributed by atoms with Crippen molar-refractivity contribution in [2.75, 3.05) is 17.4 Å². The van der Waals surface area contributed by atoms with Crippen LogP contribution in [0.1, 0.15) is 23.6 Å². The molecule has 0 bridgehead atoms. The van der Waals surface area contributed by atoms with Crippen LogP contribution in [0.4, 0.5) is 5.69 Å². The van der Waals surface area contributed by atoms with Crippen LogP contribution < -0.4 is 9.62 Å². The van der Waals surface area contributed by atoms with Crippen molar-refractivity contribution in [1.82, 2.24) is 10.2 Å². The van der Waals surface area contributed by atoms with Gasteiger partial charge in [0.1, 0.15) is 12.6 Å².